The number of ether oxygens (including phenoxy) is 1. The Kier molecular flexibility index (Phi) is 6.70. The standard InChI is InChI=1S/C16H17BrFNOS/c1-20-8-7-19-11-12-5-6-13(17)9-16(12)21-15-4-2-3-14(18)10-15/h2-6,9-10,19H,7-8,11H2,1H3. The first kappa shape index (κ1) is 16.5. The first-order chi connectivity index (χ1) is 10.2. The normalized spacial score (nSPS) is 10.8. The molecule has 0 fully saturated rings. The average molecular weight is 370 g/mol. The Morgan fingerprint density at radius 2 is 2.10 bits per heavy atom. The Labute approximate surface area is 137 Å². The second-order valence-electron chi connectivity index (χ2n) is 4.48. The number of nitrogens with one attached hydrogen (secondary N) is 1. The molecule has 0 saturated carbocycles. The minimum Gasteiger partial charge on any atom is -0.383 e. The Morgan fingerprint density at radius 3 is 2.86 bits per heavy atom. The van der Waals surface area contributed by atoms with Gasteiger partial charge < -0.3 is 10.1 Å². The maximum Gasteiger partial charge on any atom is 0.124 e. The van der Waals surface area contributed by atoms with Crippen LogP contribution in [0.5, 0.6) is 0 Å². The predicted molar refractivity (Wildman–Crippen MR) is 88.2 cm³/mol. The van der Waals surface area contributed by atoms with E-state index < -0.39 is 0 Å². The van der Waals surface area contributed by atoms with Gasteiger partial charge in [0, 0.05) is 34.5 Å². The van der Waals surface area contributed by atoms with Gasteiger partial charge in [0.25, 0.3) is 0 Å². The Morgan fingerprint density at radius 1 is 1.24 bits per heavy atom. The molecule has 0 aliphatic heterocycles. The van der Waals surface area contributed by atoms with Crippen molar-refractivity contribution in [2.24, 2.45) is 0 Å². The lowest BCUT2D eigenvalue weighted by Crippen LogP contribution is -2.18. The van der Waals surface area contributed by atoms with Gasteiger partial charge in [0.15, 0.2) is 0 Å². The topological polar surface area (TPSA) is 21.3 Å². The van der Waals surface area contributed by atoms with E-state index in [0.29, 0.717) is 6.61 Å². The average Bonchev–Trinajstić information content (AvgIpc) is 2.45. The molecule has 2 aromatic rings. The summed E-state index contributed by atoms with van der Waals surface area (Å²) in [5, 5.41) is 3.33. The van der Waals surface area contributed by atoms with Gasteiger partial charge in [-0.3, -0.25) is 0 Å². The fourth-order valence-electron chi connectivity index (χ4n) is 1.82. The van der Waals surface area contributed by atoms with Gasteiger partial charge in [0.1, 0.15) is 5.82 Å². The summed E-state index contributed by atoms with van der Waals surface area (Å²) in [5.74, 6) is -0.213. The third-order valence-corrected chi connectivity index (χ3v) is 4.43. The third kappa shape index (κ3) is 5.43. The van der Waals surface area contributed by atoms with Crippen LogP contribution in [-0.2, 0) is 11.3 Å². The monoisotopic (exact) mass is 369 g/mol. The lowest BCUT2D eigenvalue weighted by atomic mass is 10.2. The summed E-state index contributed by atoms with van der Waals surface area (Å²) in [6.07, 6.45) is 0. The summed E-state index contributed by atoms with van der Waals surface area (Å²) in [4.78, 5) is 2.01. The summed E-state index contributed by atoms with van der Waals surface area (Å²) in [7, 11) is 1.69. The Hall–Kier alpha value is -0.880. The first-order valence-corrected chi connectivity index (χ1v) is 8.21. The summed E-state index contributed by atoms with van der Waals surface area (Å²) in [6.45, 7) is 2.24. The quantitative estimate of drug-likeness (QED) is 0.727. The molecule has 0 aliphatic rings. The zero-order chi connectivity index (χ0) is 15.1. The molecule has 0 heterocycles. The van der Waals surface area contributed by atoms with Crippen molar-refractivity contribution in [2.45, 2.75) is 16.3 Å². The first-order valence-electron chi connectivity index (χ1n) is 6.60. The summed E-state index contributed by atoms with van der Waals surface area (Å²) in [5.41, 5.74) is 1.18. The molecule has 21 heavy (non-hydrogen) atoms. The smallest absolute Gasteiger partial charge is 0.124 e. The summed E-state index contributed by atoms with van der Waals surface area (Å²) < 4.78 is 19.3. The highest BCUT2D eigenvalue weighted by molar-refractivity contribution is 9.10. The number of halogens is 2. The Bertz CT molecular complexity index is 594. The zero-order valence-electron chi connectivity index (χ0n) is 11.7. The molecule has 0 aliphatic carbocycles. The van der Waals surface area contributed by atoms with Crippen molar-refractivity contribution in [3.8, 4) is 0 Å². The maximum atomic E-state index is 13.3. The van der Waals surface area contributed by atoms with E-state index in [9.17, 15) is 4.39 Å². The highest BCUT2D eigenvalue weighted by atomic mass is 79.9. The maximum absolute atomic E-state index is 13.3. The van der Waals surface area contributed by atoms with Crippen LogP contribution in [0.3, 0.4) is 0 Å². The molecule has 0 amide bonds. The van der Waals surface area contributed by atoms with Gasteiger partial charge >= 0.3 is 0 Å². The molecular weight excluding hydrogens is 353 g/mol. The molecule has 0 spiro atoms. The predicted octanol–water partition coefficient (Wildman–Crippen LogP) is 4.48. The van der Waals surface area contributed by atoms with Gasteiger partial charge in [-0.15, -0.1) is 0 Å². The minimum absolute atomic E-state index is 0.213. The van der Waals surface area contributed by atoms with E-state index in [0.717, 1.165) is 27.4 Å². The van der Waals surface area contributed by atoms with Gasteiger partial charge in [-0.05, 0) is 35.9 Å². The van der Waals surface area contributed by atoms with Crippen molar-refractivity contribution in [3.63, 3.8) is 0 Å². The van der Waals surface area contributed by atoms with E-state index in [4.69, 9.17) is 4.74 Å². The second kappa shape index (κ2) is 8.54. The summed E-state index contributed by atoms with van der Waals surface area (Å²) in [6, 6.07) is 12.8. The molecule has 0 aromatic heterocycles. The molecule has 0 unspecified atom stereocenters. The number of methoxy groups -OCH3 is 1. The van der Waals surface area contributed by atoms with Gasteiger partial charge in [-0.1, -0.05) is 39.8 Å². The highest BCUT2D eigenvalue weighted by Gasteiger charge is 2.06. The number of hydrogen-bond donors (Lipinski definition) is 1. The molecule has 0 radical (unpaired) electrons. The van der Waals surface area contributed by atoms with Crippen molar-refractivity contribution in [1.82, 2.24) is 5.32 Å². The van der Waals surface area contributed by atoms with E-state index in [1.807, 2.05) is 12.1 Å². The van der Waals surface area contributed by atoms with E-state index in [2.05, 4.69) is 33.4 Å². The number of rotatable bonds is 7. The van der Waals surface area contributed by atoms with Crippen LogP contribution in [0.2, 0.25) is 0 Å². The molecule has 5 heteroatoms. The van der Waals surface area contributed by atoms with E-state index in [1.54, 1.807) is 31.0 Å². The van der Waals surface area contributed by atoms with Crippen LogP contribution in [0, 0.1) is 5.82 Å². The van der Waals surface area contributed by atoms with Crippen molar-refractivity contribution >= 4 is 27.7 Å². The summed E-state index contributed by atoms with van der Waals surface area (Å²) >= 11 is 5.05. The fourth-order valence-corrected chi connectivity index (χ4v) is 3.37. The van der Waals surface area contributed by atoms with Crippen LogP contribution < -0.4 is 5.32 Å². The van der Waals surface area contributed by atoms with E-state index >= 15 is 0 Å². The van der Waals surface area contributed by atoms with Crippen molar-refractivity contribution in [1.29, 1.82) is 0 Å². The van der Waals surface area contributed by atoms with Crippen LogP contribution in [0.25, 0.3) is 0 Å². The molecule has 0 bridgehead atoms. The lowest BCUT2D eigenvalue weighted by molar-refractivity contribution is 0.199. The molecule has 0 saturated heterocycles. The molecule has 2 rings (SSSR count). The molecule has 0 atom stereocenters. The van der Waals surface area contributed by atoms with Crippen LogP contribution in [0.1, 0.15) is 5.56 Å². The number of hydrogen-bond acceptors (Lipinski definition) is 3. The van der Waals surface area contributed by atoms with Crippen molar-refractivity contribution in [2.75, 3.05) is 20.3 Å². The van der Waals surface area contributed by atoms with Crippen molar-refractivity contribution in [3.05, 3.63) is 58.3 Å². The van der Waals surface area contributed by atoms with Crippen LogP contribution in [-0.4, -0.2) is 20.3 Å². The SMILES string of the molecule is COCCNCc1ccc(Br)cc1Sc1cccc(F)c1. The van der Waals surface area contributed by atoms with E-state index in [1.165, 1.54) is 11.6 Å². The third-order valence-electron chi connectivity index (χ3n) is 2.85. The van der Waals surface area contributed by atoms with Gasteiger partial charge in [-0.2, -0.15) is 0 Å². The second-order valence-corrected chi connectivity index (χ2v) is 6.51. The fraction of sp³-hybridized carbons (Fsp3) is 0.250. The molecule has 2 aromatic carbocycles. The van der Waals surface area contributed by atoms with Crippen molar-refractivity contribution < 1.29 is 9.13 Å². The molecule has 1 N–H and O–H groups in total. The van der Waals surface area contributed by atoms with Gasteiger partial charge in [0.05, 0.1) is 6.61 Å². The largest absolute Gasteiger partial charge is 0.383 e. The van der Waals surface area contributed by atoms with E-state index in [-0.39, 0.29) is 5.82 Å². The van der Waals surface area contributed by atoms with Crippen LogP contribution in [0.4, 0.5) is 4.39 Å². The molecule has 2 nitrogen and oxygen atoms in total. The van der Waals surface area contributed by atoms with Gasteiger partial charge in [-0.25, -0.2) is 4.39 Å². The molecule has 112 valence electrons. The Balaban J connectivity index is 2.11. The number of benzene rings is 2. The van der Waals surface area contributed by atoms with Crippen LogP contribution in [0.15, 0.2) is 56.7 Å². The van der Waals surface area contributed by atoms with Gasteiger partial charge in [0.2, 0.25) is 0 Å². The highest BCUT2D eigenvalue weighted by Crippen LogP contribution is 2.32. The zero-order valence-corrected chi connectivity index (χ0v) is 14.1. The lowest BCUT2D eigenvalue weighted by Gasteiger charge is -2.11. The van der Waals surface area contributed by atoms with Crippen LogP contribution >= 0.6 is 27.7 Å². The minimum atomic E-state index is -0.213. The molecular formula is C16H17BrFNOS.